The van der Waals surface area contributed by atoms with E-state index >= 15 is 0 Å². The number of carbonyl (C=O) groups excluding carboxylic acids is 1. The fourth-order valence-corrected chi connectivity index (χ4v) is 3.76. The second-order valence-electron chi connectivity index (χ2n) is 4.86. The first-order valence-corrected chi connectivity index (χ1v) is 7.91. The average molecular weight is 302 g/mol. The smallest absolute Gasteiger partial charge is 0.306 e. The Bertz CT molecular complexity index is 815. The number of para-hydroxylation sites is 1. The number of carbonyl (C=O) groups is 1. The largest absolute Gasteiger partial charge is 0.336 e. The molecule has 1 N–H and O–H groups in total. The molecule has 108 valence electrons. The number of anilines is 1. The number of fused-ring (bicyclic) bond motifs is 1. The molecule has 0 atom stereocenters. The van der Waals surface area contributed by atoms with Gasteiger partial charge in [0.1, 0.15) is 4.90 Å². The molecule has 0 aromatic heterocycles. The summed E-state index contributed by atoms with van der Waals surface area (Å²) in [6, 6.07) is 13.2. The van der Waals surface area contributed by atoms with Crippen LogP contribution in [0.1, 0.15) is 11.1 Å². The summed E-state index contributed by atoms with van der Waals surface area (Å²) in [5.74, 6) is 0. The molecule has 6 heteroatoms. The highest BCUT2D eigenvalue weighted by atomic mass is 32.2. The predicted octanol–water partition coefficient (Wildman–Crippen LogP) is 2.73. The minimum absolute atomic E-state index is 0.0230. The van der Waals surface area contributed by atoms with Crippen molar-refractivity contribution in [3.63, 3.8) is 0 Å². The summed E-state index contributed by atoms with van der Waals surface area (Å²) in [6.07, 6.45) is 0. The maximum absolute atomic E-state index is 12.6. The molecular weight excluding hydrogens is 288 g/mol. The number of nitrogens with zero attached hydrogens (tertiary/aromatic N) is 1. The highest BCUT2D eigenvalue weighted by molar-refractivity contribution is 7.90. The number of hydrogen-bond donors (Lipinski definition) is 1. The first-order valence-electron chi connectivity index (χ1n) is 6.47. The zero-order valence-corrected chi connectivity index (χ0v) is 12.2. The summed E-state index contributed by atoms with van der Waals surface area (Å²) in [4.78, 5) is 12.2. The molecule has 3 rings (SSSR count). The second-order valence-corrected chi connectivity index (χ2v) is 6.70. The maximum atomic E-state index is 12.6. The molecule has 0 spiro atoms. The molecule has 1 aliphatic rings. The van der Waals surface area contributed by atoms with E-state index in [0.717, 1.165) is 15.4 Å². The Morgan fingerprint density at radius 2 is 1.71 bits per heavy atom. The minimum Gasteiger partial charge on any atom is -0.306 e. The number of benzene rings is 2. The molecule has 0 unspecified atom stereocenters. The third-order valence-electron chi connectivity index (χ3n) is 3.50. The number of aryl methyl sites for hydroxylation is 1. The standard InChI is InChI=1S/C15H14N2O3S/c1-11-6-2-3-7-12(11)10-17-15(18)16-13-8-4-5-9-14(13)21(17,19)20/h2-9H,10H2,1H3,(H,16,18). The molecule has 2 amide bonds. The van der Waals surface area contributed by atoms with Crippen LogP contribution in [-0.2, 0) is 16.6 Å². The molecule has 0 aliphatic carbocycles. The number of amides is 2. The summed E-state index contributed by atoms with van der Waals surface area (Å²) in [5, 5.41) is 2.61. The summed E-state index contributed by atoms with van der Waals surface area (Å²) >= 11 is 0. The SMILES string of the molecule is Cc1ccccc1CN1C(=O)Nc2ccccc2S1(=O)=O. The normalized spacial score (nSPS) is 16.2. The van der Waals surface area contributed by atoms with E-state index in [9.17, 15) is 13.2 Å². The van der Waals surface area contributed by atoms with Crippen molar-refractivity contribution in [3.05, 3.63) is 59.7 Å². The summed E-state index contributed by atoms with van der Waals surface area (Å²) in [7, 11) is -3.83. The lowest BCUT2D eigenvalue weighted by atomic mass is 10.1. The lowest BCUT2D eigenvalue weighted by molar-refractivity contribution is 0.233. The monoisotopic (exact) mass is 302 g/mol. The van der Waals surface area contributed by atoms with Crippen molar-refractivity contribution in [2.45, 2.75) is 18.4 Å². The van der Waals surface area contributed by atoms with Crippen LogP contribution in [0.4, 0.5) is 10.5 Å². The van der Waals surface area contributed by atoms with Crippen molar-refractivity contribution in [3.8, 4) is 0 Å². The van der Waals surface area contributed by atoms with E-state index in [4.69, 9.17) is 0 Å². The van der Waals surface area contributed by atoms with Gasteiger partial charge in [-0.2, -0.15) is 0 Å². The van der Waals surface area contributed by atoms with Crippen molar-refractivity contribution < 1.29 is 13.2 Å². The summed E-state index contributed by atoms with van der Waals surface area (Å²) in [6.45, 7) is 1.91. The van der Waals surface area contributed by atoms with Gasteiger partial charge < -0.3 is 5.32 Å². The van der Waals surface area contributed by atoms with E-state index in [0.29, 0.717) is 5.69 Å². The van der Waals surface area contributed by atoms with Gasteiger partial charge in [-0.05, 0) is 30.2 Å². The van der Waals surface area contributed by atoms with Crippen molar-refractivity contribution in [2.75, 3.05) is 5.32 Å². The Morgan fingerprint density at radius 1 is 1.05 bits per heavy atom. The number of hydrogen-bond acceptors (Lipinski definition) is 3. The van der Waals surface area contributed by atoms with Crippen LogP contribution in [0.3, 0.4) is 0 Å². The van der Waals surface area contributed by atoms with E-state index < -0.39 is 16.1 Å². The van der Waals surface area contributed by atoms with Gasteiger partial charge in [-0.1, -0.05) is 36.4 Å². The van der Waals surface area contributed by atoms with Crippen LogP contribution in [0.25, 0.3) is 0 Å². The van der Waals surface area contributed by atoms with Crippen molar-refractivity contribution in [1.29, 1.82) is 0 Å². The Morgan fingerprint density at radius 3 is 2.48 bits per heavy atom. The molecule has 1 heterocycles. The molecule has 21 heavy (non-hydrogen) atoms. The van der Waals surface area contributed by atoms with Gasteiger partial charge in [0, 0.05) is 0 Å². The fraction of sp³-hybridized carbons (Fsp3) is 0.133. The van der Waals surface area contributed by atoms with Crippen LogP contribution in [0.15, 0.2) is 53.4 Å². The highest BCUT2D eigenvalue weighted by Crippen LogP contribution is 2.30. The van der Waals surface area contributed by atoms with Gasteiger partial charge in [-0.3, -0.25) is 0 Å². The molecule has 0 radical (unpaired) electrons. The number of nitrogens with one attached hydrogen (secondary N) is 1. The Labute approximate surface area is 123 Å². The van der Waals surface area contributed by atoms with Gasteiger partial charge in [-0.25, -0.2) is 17.5 Å². The lowest BCUT2D eigenvalue weighted by Gasteiger charge is -2.29. The van der Waals surface area contributed by atoms with E-state index in [1.165, 1.54) is 6.07 Å². The molecule has 0 bridgehead atoms. The first kappa shape index (κ1) is 13.6. The molecule has 2 aromatic carbocycles. The minimum atomic E-state index is -3.83. The fourth-order valence-electron chi connectivity index (χ4n) is 2.30. The quantitative estimate of drug-likeness (QED) is 0.927. The third kappa shape index (κ3) is 2.27. The maximum Gasteiger partial charge on any atom is 0.336 e. The Balaban J connectivity index is 2.04. The van der Waals surface area contributed by atoms with Crippen LogP contribution in [0.2, 0.25) is 0 Å². The molecular formula is C15H14N2O3S. The van der Waals surface area contributed by atoms with Gasteiger partial charge in [0.25, 0.3) is 10.0 Å². The zero-order valence-electron chi connectivity index (χ0n) is 11.4. The molecule has 5 nitrogen and oxygen atoms in total. The van der Waals surface area contributed by atoms with Crippen LogP contribution in [0.5, 0.6) is 0 Å². The molecule has 0 saturated carbocycles. The third-order valence-corrected chi connectivity index (χ3v) is 5.29. The van der Waals surface area contributed by atoms with Crippen LogP contribution < -0.4 is 5.32 Å². The highest BCUT2D eigenvalue weighted by Gasteiger charge is 2.36. The molecule has 2 aromatic rings. The van der Waals surface area contributed by atoms with Gasteiger partial charge in [0.05, 0.1) is 12.2 Å². The van der Waals surface area contributed by atoms with Gasteiger partial charge in [0.15, 0.2) is 0 Å². The molecule has 0 fully saturated rings. The summed E-state index contributed by atoms with van der Waals surface area (Å²) in [5.41, 5.74) is 2.07. The Hall–Kier alpha value is -2.34. The zero-order chi connectivity index (χ0) is 15.0. The van der Waals surface area contributed by atoms with Crippen molar-refractivity contribution in [1.82, 2.24) is 4.31 Å². The molecule has 0 saturated heterocycles. The average Bonchev–Trinajstić information content (AvgIpc) is 2.45. The van der Waals surface area contributed by atoms with E-state index in [-0.39, 0.29) is 11.4 Å². The van der Waals surface area contributed by atoms with Crippen LogP contribution in [-0.4, -0.2) is 18.8 Å². The number of rotatable bonds is 2. The predicted molar refractivity (Wildman–Crippen MR) is 79.4 cm³/mol. The Kier molecular flexibility index (Phi) is 3.17. The summed E-state index contributed by atoms with van der Waals surface area (Å²) < 4.78 is 26.1. The second kappa shape index (κ2) is 4.89. The first-order chi connectivity index (χ1) is 10.00. The van der Waals surface area contributed by atoms with E-state index in [1.807, 2.05) is 31.2 Å². The topological polar surface area (TPSA) is 66.5 Å². The van der Waals surface area contributed by atoms with Crippen LogP contribution in [0, 0.1) is 6.92 Å². The van der Waals surface area contributed by atoms with Crippen molar-refractivity contribution >= 4 is 21.7 Å². The van der Waals surface area contributed by atoms with Gasteiger partial charge >= 0.3 is 6.03 Å². The molecule has 1 aliphatic heterocycles. The lowest BCUT2D eigenvalue weighted by Crippen LogP contribution is -2.43. The number of sulfonamides is 1. The van der Waals surface area contributed by atoms with Crippen molar-refractivity contribution in [2.24, 2.45) is 0 Å². The van der Waals surface area contributed by atoms with Gasteiger partial charge in [-0.15, -0.1) is 0 Å². The number of urea groups is 1. The van der Waals surface area contributed by atoms with E-state index in [2.05, 4.69) is 5.32 Å². The van der Waals surface area contributed by atoms with Gasteiger partial charge in [0.2, 0.25) is 0 Å². The van der Waals surface area contributed by atoms with Crippen LogP contribution >= 0.6 is 0 Å². The van der Waals surface area contributed by atoms with E-state index in [1.54, 1.807) is 18.2 Å².